The third-order valence-corrected chi connectivity index (χ3v) is 3.32. The summed E-state index contributed by atoms with van der Waals surface area (Å²) in [4.78, 5) is 23.4. The van der Waals surface area contributed by atoms with Crippen molar-refractivity contribution in [1.82, 2.24) is 5.43 Å². The van der Waals surface area contributed by atoms with Crippen molar-refractivity contribution in [2.24, 2.45) is 5.10 Å². The van der Waals surface area contributed by atoms with Crippen molar-refractivity contribution in [2.75, 3.05) is 5.32 Å². The number of halogens is 4. The molecule has 26 heavy (non-hydrogen) atoms. The van der Waals surface area contributed by atoms with E-state index in [4.69, 9.17) is 11.6 Å². The van der Waals surface area contributed by atoms with E-state index in [-0.39, 0.29) is 5.69 Å². The highest BCUT2D eigenvalue weighted by Crippen LogP contribution is 2.30. The molecule has 2 amide bonds. The van der Waals surface area contributed by atoms with Crippen LogP contribution in [0.1, 0.15) is 17.5 Å². The quantitative estimate of drug-likeness (QED) is 0.468. The normalized spacial score (nSPS) is 11.4. The van der Waals surface area contributed by atoms with Gasteiger partial charge in [-0.1, -0.05) is 29.8 Å². The molecule has 0 heterocycles. The maximum Gasteiger partial charge on any atom is 0.416 e. The maximum atomic E-state index is 12.6. The Kier molecular flexibility index (Phi) is 6.35. The van der Waals surface area contributed by atoms with Crippen molar-refractivity contribution in [3.63, 3.8) is 0 Å². The second-order valence-electron chi connectivity index (χ2n) is 5.15. The van der Waals surface area contributed by atoms with Gasteiger partial charge in [-0.2, -0.15) is 18.3 Å². The van der Waals surface area contributed by atoms with Gasteiger partial charge in [0.2, 0.25) is 11.8 Å². The molecule has 0 aliphatic rings. The van der Waals surface area contributed by atoms with E-state index < -0.39 is 30.0 Å². The lowest BCUT2D eigenvalue weighted by molar-refractivity contribution is -0.137. The van der Waals surface area contributed by atoms with E-state index in [0.717, 1.165) is 18.2 Å². The molecular formula is C17H13ClF3N3O2. The Morgan fingerprint density at radius 2 is 1.77 bits per heavy atom. The molecule has 0 fully saturated rings. The van der Waals surface area contributed by atoms with Crippen LogP contribution in [0, 0.1) is 0 Å². The van der Waals surface area contributed by atoms with E-state index in [1.54, 1.807) is 24.3 Å². The van der Waals surface area contributed by atoms with Crippen molar-refractivity contribution < 1.29 is 22.8 Å². The van der Waals surface area contributed by atoms with Crippen LogP contribution >= 0.6 is 11.6 Å². The maximum absolute atomic E-state index is 12.6. The Morgan fingerprint density at radius 1 is 1.08 bits per heavy atom. The highest BCUT2D eigenvalue weighted by molar-refractivity contribution is 6.30. The fraction of sp³-hybridized carbons (Fsp3) is 0.118. The lowest BCUT2D eigenvalue weighted by Gasteiger charge is -2.09. The topological polar surface area (TPSA) is 70.6 Å². The summed E-state index contributed by atoms with van der Waals surface area (Å²) in [5.41, 5.74) is 1.89. The molecule has 0 saturated carbocycles. The van der Waals surface area contributed by atoms with Crippen molar-refractivity contribution in [3.05, 3.63) is 64.7 Å². The standard InChI is InChI=1S/C17H13ClF3N3O2/c18-13-6-4-11(5-7-13)10-22-24-16(26)9-15(25)23-14-3-1-2-12(8-14)17(19,20)21/h1-8,10H,9H2,(H,23,25)(H,24,26). The lowest BCUT2D eigenvalue weighted by Crippen LogP contribution is -2.24. The predicted octanol–water partition coefficient (Wildman–Crippen LogP) is 3.84. The van der Waals surface area contributed by atoms with Gasteiger partial charge in [0.05, 0.1) is 11.8 Å². The molecule has 9 heteroatoms. The van der Waals surface area contributed by atoms with E-state index in [1.165, 1.54) is 12.3 Å². The minimum absolute atomic E-state index is 0.0534. The predicted molar refractivity (Wildman–Crippen MR) is 91.9 cm³/mol. The van der Waals surface area contributed by atoms with Gasteiger partial charge in [0.1, 0.15) is 6.42 Å². The third kappa shape index (κ3) is 6.21. The molecule has 0 unspecified atom stereocenters. The number of nitrogens with zero attached hydrogens (tertiary/aromatic N) is 1. The third-order valence-electron chi connectivity index (χ3n) is 3.07. The van der Waals surface area contributed by atoms with Crippen LogP contribution in [0.3, 0.4) is 0 Å². The smallest absolute Gasteiger partial charge is 0.326 e. The SMILES string of the molecule is O=C(CC(=O)Nc1cccc(C(F)(F)F)c1)NN=Cc1ccc(Cl)cc1. The Morgan fingerprint density at radius 3 is 2.42 bits per heavy atom. The first-order valence-electron chi connectivity index (χ1n) is 7.28. The summed E-state index contributed by atoms with van der Waals surface area (Å²) in [7, 11) is 0. The van der Waals surface area contributed by atoms with Gasteiger partial charge in [0, 0.05) is 10.7 Å². The molecule has 0 spiro atoms. The average Bonchev–Trinajstić information content (AvgIpc) is 2.56. The Bertz CT molecular complexity index is 821. The molecule has 2 rings (SSSR count). The van der Waals surface area contributed by atoms with E-state index >= 15 is 0 Å². The number of nitrogens with one attached hydrogen (secondary N) is 2. The number of anilines is 1. The molecular weight excluding hydrogens is 371 g/mol. The number of hydrogen-bond donors (Lipinski definition) is 2. The van der Waals surface area contributed by atoms with Crippen LogP contribution in [0.25, 0.3) is 0 Å². The number of hydrazone groups is 1. The summed E-state index contributed by atoms with van der Waals surface area (Å²) >= 11 is 5.73. The van der Waals surface area contributed by atoms with Crippen LogP contribution in [0.5, 0.6) is 0 Å². The minimum Gasteiger partial charge on any atom is -0.326 e. The summed E-state index contributed by atoms with van der Waals surface area (Å²) in [5, 5.41) is 6.47. The molecule has 2 aromatic carbocycles. The molecule has 136 valence electrons. The number of alkyl halides is 3. The van der Waals surface area contributed by atoms with Crippen LogP contribution in [-0.4, -0.2) is 18.0 Å². The first-order chi connectivity index (χ1) is 12.2. The number of carbonyl (C=O) groups excluding carboxylic acids is 2. The Balaban J connectivity index is 1.85. The average molecular weight is 384 g/mol. The lowest BCUT2D eigenvalue weighted by atomic mass is 10.2. The number of hydrogen-bond acceptors (Lipinski definition) is 3. The first-order valence-corrected chi connectivity index (χ1v) is 7.66. The summed E-state index contributed by atoms with van der Waals surface area (Å²) in [6.07, 6.45) is -3.75. The van der Waals surface area contributed by atoms with Gasteiger partial charge < -0.3 is 5.32 Å². The molecule has 0 aromatic heterocycles. The molecule has 0 saturated heterocycles. The van der Waals surface area contributed by atoms with E-state index in [2.05, 4.69) is 15.8 Å². The van der Waals surface area contributed by atoms with Crippen molar-refractivity contribution in [1.29, 1.82) is 0 Å². The molecule has 0 atom stereocenters. The second kappa shape index (κ2) is 8.48. The molecule has 2 aromatic rings. The zero-order chi connectivity index (χ0) is 19.2. The molecule has 0 aliphatic carbocycles. The van der Waals surface area contributed by atoms with Gasteiger partial charge in [-0.25, -0.2) is 5.43 Å². The minimum atomic E-state index is -4.52. The zero-order valence-electron chi connectivity index (χ0n) is 13.2. The summed E-state index contributed by atoms with van der Waals surface area (Å²) in [5.74, 6) is -1.47. The van der Waals surface area contributed by atoms with Crippen LogP contribution < -0.4 is 10.7 Å². The van der Waals surface area contributed by atoms with Gasteiger partial charge >= 0.3 is 6.18 Å². The van der Waals surface area contributed by atoms with Crippen LogP contribution in [0.2, 0.25) is 5.02 Å². The molecule has 0 aliphatic heterocycles. The fourth-order valence-corrected chi connectivity index (χ4v) is 2.02. The highest BCUT2D eigenvalue weighted by atomic mass is 35.5. The summed E-state index contributed by atoms with van der Waals surface area (Å²) in [6, 6.07) is 10.8. The number of benzene rings is 2. The van der Waals surface area contributed by atoms with Crippen LogP contribution in [0.4, 0.5) is 18.9 Å². The largest absolute Gasteiger partial charge is 0.416 e. The molecule has 0 radical (unpaired) electrons. The number of amides is 2. The van der Waals surface area contributed by atoms with E-state index in [9.17, 15) is 22.8 Å². The zero-order valence-corrected chi connectivity index (χ0v) is 13.9. The van der Waals surface area contributed by atoms with Gasteiger partial charge in [0.25, 0.3) is 0 Å². The molecule has 5 nitrogen and oxygen atoms in total. The Hall–Kier alpha value is -2.87. The Labute approximate surface area is 151 Å². The van der Waals surface area contributed by atoms with E-state index in [1.807, 2.05) is 0 Å². The van der Waals surface area contributed by atoms with Crippen molar-refractivity contribution in [3.8, 4) is 0 Å². The highest BCUT2D eigenvalue weighted by Gasteiger charge is 2.30. The summed E-state index contributed by atoms with van der Waals surface area (Å²) < 4.78 is 37.9. The number of rotatable bonds is 5. The van der Waals surface area contributed by atoms with Crippen LogP contribution in [-0.2, 0) is 15.8 Å². The van der Waals surface area contributed by atoms with Crippen LogP contribution in [0.15, 0.2) is 53.6 Å². The van der Waals surface area contributed by atoms with Gasteiger partial charge in [-0.05, 0) is 35.9 Å². The van der Waals surface area contributed by atoms with Gasteiger partial charge in [0.15, 0.2) is 0 Å². The van der Waals surface area contributed by atoms with Crippen molar-refractivity contribution in [2.45, 2.75) is 12.6 Å². The monoisotopic (exact) mass is 383 g/mol. The summed E-state index contributed by atoms with van der Waals surface area (Å²) in [6.45, 7) is 0. The fourth-order valence-electron chi connectivity index (χ4n) is 1.89. The van der Waals surface area contributed by atoms with Crippen molar-refractivity contribution >= 4 is 35.3 Å². The number of carbonyl (C=O) groups is 2. The second-order valence-corrected chi connectivity index (χ2v) is 5.58. The first kappa shape index (κ1) is 19.5. The van der Waals surface area contributed by atoms with Gasteiger partial charge in [-0.3, -0.25) is 9.59 Å². The molecule has 2 N–H and O–H groups in total. The van der Waals surface area contributed by atoms with E-state index in [0.29, 0.717) is 10.6 Å². The molecule has 0 bridgehead atoms. The van der Waals surface area contributed by atoms with Gasteiger partial charge in [-0.15, -0.1) is 0 Å².